The lowest BCUT2D eigenvalue weighted by molar-refractivity contribution is 0.102. The highest BCUT2D eigenvalue weighted by Crippen LogP contribution is 2.26. The molecule has 3 heterocycles. The number of fused-ring (bicyclic) bond motifs is 2. The predicted octanol–water partition coefficient (Wildman–Crippen LogP) is 4.86. The quantitative estimate of drug-likeness (QED) is 0.341. The summed E-state index contributed by atoms with van der Waals surface area (Å²) in [4.78, 5) is 32.6. The summed E-state index contributed by atoms with van der Waals surface area (Å²) in [7, 11) is 0. The van der Waals surface area contributed by atoms with Gasteiger partial charge in [-0.25, -0.2) is 9.38 Å². The smallest absolute Gasteiger partial charge is 0.279 e. The molecule has 0 aliphatic carbocycles. The van der Waals surface area contributed by atoms with Crippen LogP contribution < -0.4 is 5.56 Å². The number of ketones is 1. The Morgan fingerprint density at radius 2 is 1.69 bits per heavy atom. The van der Waals surface area contributed by atoms with Crippen molar-refractivity contribution in [1.29, 1.82) is 5.26 Å². The Morgan fingerprint density at radius 3 is 2.43 bits per heavy atom. The number of nitriles is 1. The van der Waals surface area contributed by atoms with Crippen LogP contribution in [0.3, 0.4) is 0 Å². The molecule has 0 amide bonds. The average molecular weight is 474 g/mol. The van der Waals surface area contributed by atoms with E-state index >= 15 is 0 Å². The maximum absolute atomic E-state index is 13.7. The molecule has 0 unspecified atom stereocenters. The second-order valence-corrected chi connectivity index (χ2v) is 8.77. The zero-order chi connectivity index (χ0) is 23.9. The van der Waals surface area contributed by atoms with Crippen molar-refractivity contribution in [2.24, 2.45) is 0 Å². The van der Waals surface area contributed by atoms with Crippen LogP contribution in [0.1, 0.15) is 21.7 Å². The van der Waals surface area contributed by atoms with Gasteiger partial charge in [-0.1, -0.05) is 60.7 Å². The summed E-state index contributed by atoms with van der Waals surface area (Å²) in [6.45, 7) is 0. The Kier molecular flexibility index (Phi) is 4.83. The summed E-state index contributed by atoms with van der Waals surface area (Å²) < 4.78 is 2.61. The third-order valence-electron chi connectivity index (χ3n) is 5.74. The lowest BCUT2D eigenvalue weighted by atomic mass is 10.0. The summed E-state index contributed by atoms with van der Waals surface area (Å²) >= 11 is 1.38. The van der Waals surface area contributed by atoms with E-state index in [1.807, 2.05) is 78.2 Å². The molecular formula is C27H15N5O2S. The minimum Gasteiger partial charge on any atom is -0.285 e. The van der Waals surface area contributed by atoms with E-state index in [2.05, 4.69) is 10.1 Å². The van der Waals surface area contributed by atoms with Crippen molar-refractivity contribution in [3.05, 3.63) is 118 Å². The first-order valence-electron chi connectivity index (χ1n) is 10.7. The van der Waals surface area contributed by atoms with Gasteiger partial charge in [0.2, 0.25) is 17.4 Å². The van der Waals surface area contributed by atoms with Gasteiger partial charge in [-0.15, -0.1) is 16.4 Å². The van der Waals surface area contributed by atoms with Gasteiger partial charge in [0.15, 0.2) is 0 Å². The zero-order valence-corrected chi connectivity index (χ0v) is 18.9. The van der Waals surface area contributed by atoms with Gasteiger partial charge in [-0.2, -0.15) is 9.94 Å². The van der Waals surface area contributed by atoms with E-state index in [1.54, 1.807) is 18.2 Å². The molecule has 0 saturated carbocycles. The fraction of sp³-hybridized carbons (Fsp3) is 0. The molecule has 6 rings (SSSR count). The average Bonchev–Trinajstić information content (AvgIpc) is 3.57. The summed E-state index contributed by atoms with van der Waals surface area (Å²) in [5.74, 6) is -0.384. The number of hydrogen-bond donors (Lipinski definition) is 0. The molecular weight excluding hydrogens is 458 g/mol. The highest BCUT2D eigenvalue weighted by Gasteiger charge is 2.26. The molecule has 0 fully saturated rings. The fourth-order valence-electron chi connectivity index (χ4n) is 4.07. The van der Waals surface area contributed by atoms with Crippen LogP contribution >= 0.6 is 11.3 Å². The van der Waals surface area contributed by atoms with Crippen LogP contribution in [0.15, 0.2) is 95.1 Å². The highest BCUT2D eigenvalue weighted by molar-refractivity contribution is 7.13. The molecule has 0 aliphatic rings. The molecule has 35 heavy (non-hydrogen) atoms. The third kappa shape index (κ3) is 3.34. The predicted molar refractivity (Wildman–Crippen MR) is 134 cm³/mol. The molecule has 0 spiro atoms. The number of rotatable bonds is 4. The van der Waals surface area contributed by atoms with E-state index in [9.17, 15) is 14.9 Å². The summed E-state index contributed by atoms with van der Waals surface area (Å²) in [5, 5.41) is 18.1. The third-order valence-corrected chi connectivity index (χ3v) is 6.62. The molecule has 0 bridgehead atoms. The van der Waals surface area contributed by atoms with E-state index in [-0.39, 0.29) is 22.9 Å². The van der Waals surface area contributed by atoms with Crippen molar-refractivity contribution in [3.63, 3.8) is 0 Å². The van der Waals surface area contributed by atoms with Crippen LogP contribution in [0.25, 0.3) is 32.8 Å². The molecule has 0 aliphatic heterocycles. The van der Waals surface area contributed by atoms with Crippen molar-refractivity contribution in [3.8, 4) is 22.3 Å². The van der Waals surface area contributed by atoms with Gasteiger partial charge < -0.3 is 0 Å². The Morgan fingerprint density at radius 1 is 0.914 bits per heavy atom. The number of aromatic nitrogens is 4. The van der Waals surface area contributed by atoms with Crippen molar-refractivity contribution in [1.82, 2.24) is 19.2 Å². The number of para-hydroxylation sites is 1. The molecule has 3 aromatic carbocycles. The molecule has 0 atom stereocenters. The number of carbonyl (C=O) groups excluding carboxylic acids is 1. The van der Waals surface area contributed by atoms with Gasteiger partial charge >= 0.3 is 0 Å². The summed E-state index contributed by atoms with van der Waals surface area (Å²) in [5.41, 5.74) is 0.527. The molecule has 0 saturated heterocycles. The van der Waals surface area contributed by atoms with E-state index in [0.29, 0.717) is 16.1 Å². The first kappa shape index (κ1) is 20.7. The molecule has 166 valence electrons. The van der Waals surface area contributed by atoms with Crippen molar-refractivity contribution in [2.75, 3.05) is 0 Å². The second kappa shape index (κ2) is 8.17. The van der Waals surface area contributed by atoms with E-state index in [4.69, 9.17) is 0 Å². The van der Waals surface area contributed by atoms with Crippen LogP contribution in [-0.4, -0.2) is 24.9 Å². The Labute approximate surface area is 202 Å². The van der Waals surface area contributed by atoms with Gasteiger partial charge in [0.1, 0.15) is 17.3 Å². The van der Waals surface area contributed by atoms with Crippen molar-refractivity contribution >= 4 is 33.7 Å². The fourth-order valence-corrected chi connectivity index (χ4v) is 4.79. The molecule has 6 aromatic rings. The minimum absolute atomic E-state index is 0.106. The first-order chi connectivity index (χ1) is 17.2. The van der Waals surface area contributed by atoms with Gasteiger partial charge in [0.05, 0.1) is 10.6 Å². The normalized spacial score (nSPS) is 11.1. The Hall–Kier alpha value is -4.87. The van der Waals surface area contributed by atoms with E-state index in [1.165, 1.54) is 16.0 Å². The molecule has 7 nitrogen and oxygen atoms in total. The minimum atomic E-state index is -0.632. The lowest BCUT2D eigenvalue weighted by Gasteiger charge is -2.05. The molecule has 0 N–H and O–H groups in total. The Balaban J connectivity index is 1.66. The summed E-state index contributed by atoms with van der Waals surface area (Å²) in [6, 6.07) is 27.8. The molecule has 3 aromatic heterocycles. The van der Waals surface area contributed by atoms with Crippen LogP contribution in [0.2, 0.25) is 0 Å². The second-order valence-electron chi connectivity index (χ2n) is 7.83. The van der Waals surface area contributed by atoms with Crippen LogP contribution in [0.5, 0.6) is 0 Å². The largest absolute Gasteiger partial charge is 0.285 e. The monoisotopic (exact) mass is 473 g/mol. The zero-order valence-electron chi connectivity index (χ0n) is 18.1. The number of nitrogens with zero attached hydrogens (tertiary/aromatic N) is 5. The van der Waals surface area contributed by atoms with Gasteiger partial charge in [-0.05, 0) is 40.4 Å². The number of benzene rings is 3. The number of thiophene rings is 1. The SMILES string of the molecule is N#Cc1c(-c2cccs2)nc2n(-c3ccccc3)nc(C(=O)c3ccc4ccccc4c3)n2c1=O. The lowest BCUT2D eigenvalue weighted by Crippen LogP contribution is -2.23. The number of carbonyl (C=O) groups is 1. The number of hydrogen-bond acceptors (Lipinski definition) is 6. The summed E-state index contributed by atoms with van der Waals surface area (Å²) in [6.07, 6.45) is 0. The van der Waals surface area contributed by atoms with Crippen LogP contribution in [-0.2, 0) is 0 Å². The topological polar surface area (TPSA) is 93.0 Å². The molecule has 0 radical (unpaired) electrons. The highest BCUT2D eigenvalue weighted by atomic mass is 32.1. The van der Waals surface area contributed by atoms with Crippen LogP contribution in [0.4, 0.5) is 0 Å². The van der Waals surface area contributed by atoms with Crippen molar-refractivity contribution < 1.29 is 4.79 Å². The maximum Gasteiger partial charge on any atom is 0.279 e. The molecule has 8 heteroatoms. The van der Waals surface area contributed by atoms with Gasteiger partial charge in [0.25, 0.3) is 5.56 Å². The van der Waals surface area contributed by atoms with Crippen molar-refractivity contribution in [2.45, 2.75) is 0 Å². The van der Waals surface area contributed by atoms with E-state index < -0.39 is 11.3 Å². The van der Waals surface area contributed by atoms with Gasteiger partial charge in [0, 0.05) is 5.56 Å². The standard InChI is InChI=1S/C27H15N5O2S/c28-16-21-23(22-11-6-14-35-22)29-27-31(26(21)34)25(30-32(27)20-9-2-1-3-10-20)24(33)19-13-12-17-7-4-5-8-18(17)15-19/h1-15H. The van der Waals surface area contributed by atoms with E-state index in [0.717, 1.165) is 15.2 Å². The van der Waals surface area contributed by atoms with Gasteiger partial charge in [-0.3, -0.25) is 9.59 Å². The maximum atomic E-state index is 13.7. The Bertz CT molecular complexity index is 1840. The van der Waals surface area contributed by atoms with Crippen LogP contribution in [0, 0.1) is 11.3 Å². The first-order valence-corrected chi connectivity index (χ1v) is 11.6.